The number of benzene rings is 1. The summed E-state index contributed by atoms with van der Waals surface area (Å²) in [5, 5.41) is 11.5. The summed E-state index contributed by atoms with van der Waals surface area (Å²) < 4.78 is 0. The van der Waals surface area contributed by atoms with E-state index in [0.717, 1.165) is 16.3 Å². The molecular weight excluding hydrogens is 196 g/mol. The van der Waals surface area contributed by atoms with Crippen LogP contribution in [0.3, 0.4) is 0 Å². The summed E-state index contributed by atoms with van der Waals surface area (Å²) in [7, 11) is 0. The molecule has 1 aromatic rings. The van der Waals surface area contributed by atoms with Crippen molar-refractivity contribution in [1.82, 2.24) is 0 Å². The molecule has 0 fully saturated rings. The Balaban J connectivity index is 2.41. The van der Waals surface area contributed by atoms with Gasteiger partial charge >= 0.3 is 0 Å². The van der Waals surface area contributed by atoms with E-state index in [1.807, 2.05) is 6.07 Å². The van der Waals surface area contributed by atoms with E-state index in [0.29, 0.717) is 12.0 Å². The van der Waals surface area contributed by atoms with Crippen LogP contribution in [0.5, 0.6) is 0 Å². The van der Waals surface area contributed by atoms with Gasteiger partial charge in [0.25, 0.3) is 0 Å². The number of nitriles is 1. The zero-order valence-corrected chi connectivity index (χ0v) is 8.23. The second-order valence-electron chi connectivity index (χ2n) is 2.97. The molecular formula is C10H8N2OS. The van der Waals surface area contributed by atoms with E-state index >= 15 is 0 Å². The van der Waals surface area contributed by atoms with Crippen LogP contribution in [-0.4, -0.2) is 11.7 Å². The van der Waals surface area contributed by atoms with Gasteiger partial charge in [-0.25, -0.2) is 0 Å². The summed E-state index contributed by atoms with van der Waals surface area (Å²) in [6, 6.07) is 7.39. The Kier molecular flexibility index (Phi) is 2.42. The molecule has 1 N–H and O–H groups in total. The second-order valence-corrected chi connectivity index (χ2v) is 4.11. The molecule has 1 aliphatic rings. The van der Waals surface area contributed by atoms with Crippen LogP contribution in [0.25, 0.3) is 0 Å². The minimum Gasteiger partial charge on any atom is -0.325 e. The van der Waals surface area contributed by atoms with Crippen LogP contribution in [0.2, 0.25) is 0 Å². The van der Waals surface area contributed by atoms with Gasteiger partial charge in [-0.1, -0.05) is 0 Å². The average molecular weight is 204 g/mol. The lowest BCUT2D eigenvalue weighted by Crippen LogP contribution is -2.09. The maximum atomic E-state index is 11.2. The molecule has 1 aliphatic heterocycles. The van der Waals surface area contributed by atoms with E-state index in [-0.39, 0.29) is 5.91 Å². The number of carbonyl (C=O) groups is 1. The van der Waals surface area contributed by atoms with Crippen molar-refractivity contribution in [2.24, 2.45) is 0 Å². The van der Waals surface area contributed by atoms with Gasteiger partial charge in [-0.15, -0.1) is 11.8 Å². The number of anilines is 1. The molecule has 14 heavy (non-hydrogen) atoms. The Morgan fingerprint density at radius 2 is 2.36 bits per heavy atom. The van der Waals surface area contributed by atoms with E-state index in [9.17, 15) is 4.79 Å². The number of carbonyl (C=O) groups excluding carboxylic acids is 1. The first-order valence-electron chi connectivity index (χ1n) is 4.26. The number of nitrogens with zero attached hydrogens (tertiary/aromatic N) is 1. The van der Waals surface area contributed by atoms with E-state index in [1.165, 1.54) is 0 Å². The molecule has 0 radical (unpaired) electrons. The van der Waals surface area contributed by atoms with Gasteiger partial charge in [-0.05, 0) is 18.2 Å². The fraction of sp³-hybridized carbons (Fsp3) is 0.200. The number of fused-ring (bicyclic) bond motifs is 1. The quantitative estimate of drug-likeness (QED) is 0.703. The van der Waals surface area contributed by atoms with Crippen LogP contribution in [0.15, 0.2) is 23.1 Å². The molecule has 0 bridgehead atoms. The second kappa shape index (κ2) is 3.72. The molecule has 0 unspecified atom stereocenters. The molecule has 0 saturated carbocycles. The third-order valence-corrected chi connectivity index (χ3v) is 3.03. The maximum Gasteiger partial charge on any atom is 0.225 e. The highest BCUT2D eigenvalue weighted by Crippen LogP contribution is 2.31. The van der Waals surface area contributed by atoms with Gasteiger partial charge in [0.15, 0.2) is 0 Å². The Morgan fingerprint density at radius 3 is 3.14 bits per heavy atom. The third kappa shape index (κ3) is 1.73. The summed E-state index contributed by atoms with van der Waals surface area (Å²) in [6.45, 7) is 0. The lowest BCUT2D eigenvalue weighted by Gasteiger charge is -2.04. The highest BCUT2D eigenvalue weighted by molar-refractivity contribution is 7.99. The molecule has 0 saturated heterocycles. The topological polar surface area (TPSA) is 52.9 Å². The Bertz CT molecular complexity index is 423. The van der Waals surface area contributed by atoms with Crippen LogP contribution in [0.1, 0.15) is 12.0 Å². The average Bonchev–Trinajstić information content (AvgIpc) is 2.37. The van der Waals surface area contributed by atoms with Crippen molar-refractivity contribution >= 4 is 23.4 Å². The molecule has 3 nitrogen and oxygen atoms in total. The number of thioether (sulfide) groups is 1. The predicted molar refractivity (Wildman–Crippen MR) is 55.1 cm³/mol. The van der Waals surface area contributed by atoms with Crippen LogP contribution in [-0.2, 0) is 4.79 Å². The highest BCUT2D eigenvalue weighted by Gasteiger charge is 2.13. The molecule has 2 rings (SSSR count). The zero-order chi connectivity index (χ0) is 9.97. The fourth-order valence-corrected chi connectivity index (χ4v) is 2.27. The lowest BCUT2D eigenvalue weighted by atomic mass is 10.2. The Labute approximate surface area is 86.1 Å². The minimum absolute atomic E-state index is 0.0426. The van der Waals surface area contributed by atoms with Gasteiger partial charge in [0.05, 0.1) is 17.3 Å². The molecule has 1 heterocycles. The van der Waals surface area contributed by atoms with Crippen LogP contribution >= 0.6 is 11.8 Å². The number of amides is 1. The molecule has 4 heteroatoms. The van der Waals surface area contributed by atoms with Crippen molar-refractivity contribution in [2.45, 2.75) is 11.3 Å². The fourth-order valence-electron chi connectivity index (χ4n) is 1.28. The zero-order valence-electron chi connectivity index (χ0n) is 7.41. The molecule has 0 atom stereocenters. The first kappa shape index (κ1) is 9.10. The molecule has 70 valence electrons. The summed E-state index contributed by atoms with van der Waals surface area (Å²) in [5.41, 5.74) is 1.45. The van der Waals surface area contributed by atoms with Gasteiger partial charge in [0, 0.05) is 17.1 Å². The Morgan fingerprint density at radius 1 is 1.50 bits per heavy atom. The third-order valence-electron chi connectivity index (χ3n) is 1.97. The van der Waals surface area contributed by atoms with Crippen LogP contribution in [0.4, 0.5) is 5.69 Å². The van der Waals surface area contributed by atoms with Crippen molar-refractivity contribution in [1.29, 1.82) is 5.26 Å². The molecule has 0 aliphatic carbocycles. The van der Waals surface area contributed by atoms with Crippen LogP contribution < -0.4 is 5.32 Å². The lowest BCUT2D eigenvalue weighted by molar-refractivity contribution is -0.115. The number of nitrogens with one attached hydrogen (secondary N) is 1. The van der Waals surface area contributed by atoms with Crippen molar-refractivity contribution in [3.05, 3.63) is 23.8 Å². The van der Waals surface area contributed by atoms with E-state index in [1.54, 1.807) is 23.9 Å². The van der Waals surface area contributed by atoms with E-state index < -0.39 is 0 Å². The summed E-state index contributed by atoms with van der Waals surface area (Å²) in [5.74, 6) is 0.814. The van der Waals surface area contributed by atoms with Gasteiger partial charge in [0.2, 0.25) is 5.91 Å². The van der Waals surface area contributed by atoms with Gasteiger partial charge in [-0.3, -0.25) is 4.79 Å². The van der Waals surface area contributed by atoms with Crippen LogP contribution in [0, 0.1) is 11.3 Å². The number of hydrogen-bond acceptors (Lipinski definition) is 3. The van der Waals surface area contributed by atoms with E-state index in [4.69, 9.17) is 5.26 Å². The van der Waals surface area contributed by atoms with Crippen molar-refractivity contribution < 1.29 is 4.79 Å². The minimum atomic E-state index is 0.0426. The van der Waals surface area contributed by atoms with Crippen molar-refractivity contribution in [3.63, 3.8) is 0 Å². The van der Waals surface area contributed by atoms with Gasteiger partial charge in [-0.2, -0.15) is 5.26 Å². The number of hydrogen-bond donors (Lipinski definition) is 1. The molecule has 1 amide bonds. The normalized spacial score (nSPS) is 14.9. The molecule has 0 spiro atoms. The van der Waals surface area contributed by atoms with Gasteiger partial charge < -0.3 is 5.32 Å². The van der Waals surface area contributed by atoms with Gasteiger partial charge in [0.1, 0.15) is 0 Å². The first-order chi connectivity index (χ1) is 6.79. The van der Waals surface area contributed by atoms with E-state index in [2.05, 4.69) is 11.4 Å². The summed E-state index contributed by atoms with van der Waals surface area (Å²) >= 11 is 1.61. The summed E-state index contributed by atoms with van der Waals surface area (Å²) in [6.07, 6.45) is 0.529. The predicted octanol–water partition coefficient (Wildman–Crippen LogP) is 1.99. The SMILES string of the molecule is N#Cc1ccc2c(c1)SCCC(=O)N2. The highest BCUT2D eigenvalue weighted by atomic mass is 32.2. The molecule has 1 aromatic carbocycles. The monoisotopic (exact) mass is 204 g/mol. The van der Waals surface area contributed by atoms with Crippen molar-refractivity contribution in [3.8, 4) is 6.07 Å². The Hall–Kier alpha value is -1.47. The molecule has 0 aromatic heterocycles. The first-order valence-corrected chi connectivity index (χ1v) is 5.25. The van der Waals surface area contributed by atoms with Crippen molar-refractivity contribution in [2.75, 3.05) is 11.1 Å². The smallest absolute Gasteiger partial charge is 0.225 e. The maximum absolute atomic E-state index is 11.2. The largest absolute Gasteiger partial charge is 0.325 e. The standard InChI is InChI=1S/C10H8N2OS/c11-6-7-1-2-8-9(5-7)14-4-3-10(13)12-8/h1-2,5H,3-4H2,(H,12,13). The summed E-state index contributed by atoms with van der Waals surface area (Å²) in [4.78, 5) is 12.2. The number of rotatable bonds is 0.